The van der Waals surface area contributed by atoms with Gasteiger partial charge in [-0.3, -0.25) is 0 Å². The molecule has 2 aliphatic rings. The normalized spacial score (nSPS) is 30.1. The van der Waals surface area contributed by atoms with Gasteiger partial charge in [-0.2, -0.15) is 0 Å². The molecule has 15 heavy (non-hydrogen) atoms. The average molecular weight is 232 g/mol. The maximum Gasteiger partial charge on any atom is 0.215 e. The first-order valence-electron chi connectivity index (χ1n) is 5.71. The van der Waals surface area contributed by atoms with E-state index in [1.807, 2.05) is 0 Å². The molecule has 88 valence electrons. The molecule has 1 saturated carbocycles. The summed E-state index contributed by atoms with van der Waals surface area (Å²) in [5.41, 5.74) is 0.245. The van der Waals surface area contributed by atoms with Crippen LogP contribution in [0.4, 0.5) is 0 Å². The highest BCUT2D eigenvalue weighted by atomic mass is 32.2. The van der Waals surface area contributed by atoms with Gasteiger partial charge in [0.15, 0.2) is 0 Å². The second-order valence-corrected chi connectivity index (χ2v) is 7.19. The Morgan fingerprint density at radius 2 is 2.20 bits per heavy atom. The lowest BCUT2D eigenvalue weighted by atomic mass is 10.1. The quantitative estimate of drug-likeness (QED) is 0.740. The Kier molecular flexibility index (Phi) is 3.05. The monoisotopic (exact) mass is 232 g/mol. The molecule has 2 N–H and O–H groups in total. The molecule has 0 aromatic carbocycles. The summed E-state index contributed by atoms with van der Waals surface area (Å²) in [7, 11) is -3.09. The van der Waals surface area contributed by atoms with Crippen LogP contribution in [0.5, 0.6) is 0 Å². The first kappa shape index (κ1) is 11.4. The van der Waals surface area contributed by atoms with Crippen LogP contribution in [-0.2, 0) is 10.0 Å². The van der Waals surface area contributed by atoms with Crippen molar-refractivity contribution in [1.29, 1.82) is 0 Å². The van der Waals surface area contributed by atoms with Crippen molar-refractivity contribution < 1.29 is 8.42 Å². The first-order valence-corrected chi connectivity index (χ1v) is 7.26. The van der Waals surface area contributed by atoms with Crippen LogP contribution >= 0.6 is 0 Å². The fraction of sp³-hybridized carbons (Fsp3) is 1.00. The third-order valence-corrected chi connectivity index (χ3v) is 5.32. The Labute approximate surface area is 91.9 Å². The summed E-state index contributed by atoms with van der Waals surface area (Å²) < 4.78 is 26.6. The zero-order valence-electron chi connectivity index (χ0n) is 9.25. The molecule has 1 unspecified atom stereocenters. The Bertz CT molecular complexity index is 316. The van der Waals surface area contributed by atoms with Gasteiger partial charge in [-0.15, -0.1) is 0 Å². The highest BCUT2D eigenvalue weighted by Gasteiger charge is 2.39. The molecule has 2 rings (SSSR count). The molecule has 2 fully saturated rings. The van der Waals surface area contributed by atoms with Crippen LogP contribution in [0.1, 0.15) is 32.6 Å². The molecule has 0 radical (unpaired) electrons. The van der Waals surface area contributed by atoms with Crippen molar-refractivity contribution in [2.24, 2.45) is 5.41 Å². The zero-order valence-corrected chi connectivity index (χ0v) is 10.1. The third-order valence-electron chi connectivity index (χ3n) is 3.49. The van der Waals surface area contributed by atoms with E-state index in [4.69, 9.17) is 0 Å². The fourth-order valence-corrected chi connectivity index (χ4v) is 3.47. The van der Waals surface area contributed by atoms with Gasteiger partial charge < -0.3 is 5.32 Å². The molecule has 1 heterocycles. The predicted molar refractivity (Wildman–Crippen MR) is 60.2 cm³/mol. The molecule has 4 nitrogen and oxygen atoms in total. The van der Waals surface area contributed by atoms with Gasteiger partial charge in [-0.05, 0) is 37.6 Å². The second-order valence-electron chi connectivity index (χ2n) is 5.15. The van der Waals surface area contributed by atoms with Crippen molar-refractivity contribution in [2.45, 2.75) is 37.9 Å². The van der Waals surface area contributed by atoms with E-state index in [9.17, 15) is 8.42 Å². The van der Waals surface area contributed by atoms with Gasteiger partial charge in [0.25, 0.3) is 0 Å². The molecule has 1 atom stereocenters. The van der Waals surface area contributed by atoms with Crippen molar-refractivity contribution in [3.63, 3.8) is 0 Å². The lowest BCUT2D eigenvalue weighted by Gasteiger charge is -2.23. The summed E-state index contributed by atoms with van der Waals surface area (Å²) in [6.45, 7) is 4.30. The largest absolute Gasteiger partial charge is 0.315 e. The van der Waals surface area contributed by atoms with Gasteiger partial charge in [0.1, 0.15) is 0 Å². The maximum atomic E-state index is 11.9. The van der Waals surface area contributed by atoms with E-state index in [1.54, 1.807) is 0 Å². The van der Waals surface area contributed by atoms with Crippen LogP contribution < -0.4 is 10.0 Å². The average Bonchev–Trinajstić information content (AvgIpc) is 2.96. The topological polar surface area (TPSA) is 58.2 Å². The molecule has 0 spiro atoms. The molecular formula is C10H20N2O2S. The van der Waals surface area contributed by atoms with E-state index in [-0.39, 0.29) is 10.7 Å². The van der Waals surface area contributed by atoms with Crippen molar-refractivity contribution in [1.82, 2.24) is 10.0 Å². The van der Waals surface area contributed by atoms with Gasteiger partial charge in [0, 0.05) is 13.1 Å². The Balaban J connectivity index is 1.87. The van der Waals surface area contributed by atoms with Gasteiger partial charge in [-0.25, -0.2) is 13.1 Å². The van der Waals surface area contributed by atoms with Gasteiger partial charge in [-0.1, -0.05) is 6.92 Å². The lowest BCUT2D eigenvalue weighted by molar-refractivity contribution is 0.479. The molecule has 5 heteroatoms. The summed E-state index contributed by atoms with van der Waals surface area (Å²) in [4.78, 5) is 0. The van der Waals surface area contributed by atoms with E-state index < -0.39 is 10.0 Å². The molecule has 0 aromatic rings. The zero-order chi connectivity index (χ0) is 10.9. The van der Waals surface area contributed by atoms with Crippen LogP contribution in [0.2, 0.25) is 0 Å². The van der Waals surface area contributed by atoms with Gasteiger partial charge in [0.05, 0.1) is 5.25 Å². The predicted octanol–water partition coefficient (Wildman–Crippen LogP) is 0.458. The first-order chi connectivity index (χ1) is 7.02. The summed E-state index contributed by atoms with van der Waals surface area (Å²) in [5.74, 6) is 0. The van der Waals surface area contributed by atoms with Crippen molar-refractivity contribution in [3.05, 3.63) is 0 Å². The Hall–Kier alpha value is -0.130. The lowest BCUT2D eigenvalue weighted by Crippen LogP contribution is -2.45. The standard InChI is InChI=1S/C10H20N2O2S/c1-10(4-5-10)8-12-15(13,14)9-3-2-6-11-7-9/h9,11-12H,2-8H2,1H3. The Morgan fingerprint density at radius 3 is 2.73 bits per heavy atom. The molecule has 1 aliphatic heterocycles. The third kappa shape index (κ3) is 2.92. The maximum absolute atomic E-state index is 11.9. The molecule has 0 bridgehead atoms. The summed E-state index contributed by atoms with van der Waals surface area (Å²) in [6.07, 6.45) is 4.05. The smallest absolute Gasteiger partial charge is 0.215 e. The molecular weight excluding hydrogens is 212 g/mol. The number of nitrogens with one attached hydrogen (secondary N) is 2. The number of hydrogen-bond donors (Lipinski definition) is 2. The second kappa shape index (κ2) is 4.03. The summed E-state index contributed by atoms with van der Waals surface area (Å²) in [5, 5.41) is 2.91. The van der Waals surface area contributed by atoms with Crippen LogP contribution in [-0.4, -0.2) is 33.3 Å². The minimum Gasteiger partial charge on any atom is -0.315 e. The van der Waals surface area contributed by atoms with Crippen LogP contribution in [0.25, 0.3) is 0 Å². The number of sulfonamides is 1. The van der Waals surface area contributed by atoms with Crippen LogP contribution in [0.15, 0.2) is 0 Å². The fourth-order valence-electron chi connectivity index (χ4n) is 1.87. The minimum absolute atomic E-state index is 0.228. The van der Waals surface area contributed by atoms with E-state index in [1.165, 1.54) is 0 Å². The Morgan fingerprint density at radius 1 is 1.47 bits per heavy atom. The highest BCUT2D eigenvalue weighted by molar-refractivity contribution is 7.90. The number of rotatable bonds is 4. The van der Waals surface area contributed by atoms with E-state index in [2.05, 4.69) is 17.0 Å². The highest BCUT2D eigenvalue weighted by Crippen LogP contribution is 2.44. The van der Waals surface area contributed by atoms with E-state index in [0.29, 0.717) is 13.1 Å². The summed E-state index contributed by atoms with van der Waals surface area (Å²) in [6, 6.07) is 0. The van der Waals surface area contributed by atoms with Crippen LogP contribution in [0, 0.1) is 5.41 Å². The van der Waals surface area contributed by atoms with Gasteiger partial charge in [0.2, 0.25) is 10.0 Å². The van der Waals surface area contributed by atoms with Crippen molar-refractivity contribution >= 4 is 10.0 Å². The molecule has 1 aliphatic carbocycles. The summed E-state index contributed by atoms with van der Waals surface area (Å²) >= 11 is 0. The SMILES string of the molecule is CC1(CNS(=O)(=O)C2CCCNC2)CC1. The van der Waals surface area contributed by atoms with Crippen LogP contribution in [0.3, 0.4) is 0 Å². The number of piperidine rings is 1. The molecule has 1 saturated heterocycles. The van der Waals surface area contributed by atoms with Gasteiger partial charge >= 0.3 is 0 Å². The van der Waals surface area contributed by atoms with Crippen molar-refractivity contribution in [3.8, 4) is 0 Å². The minimum atomic E-state index is -3.09. The molecule has 0 aromatic heterocycles. The molecule has 0 amide bonds. The number of hydrogen-bond acceptors (Lipinski definition) is 3. The van der Waals surface area contributed by atoms with E-state index >= 15 is 0 Å². The van der Waals surface area contributed by atoms with E-state index in [0.717, 1.165) is 32.2 Å². The van der Waals surface area contributed by atoms with Crippen molar-refractivity contribution in [2.75, 3.05) is 19.6 Å².